The molecule has 0 aromatic heterocycles. The Balaban J connectivity index is 1.72. The van der Waals surface area contributed by atoms with E-state index >= 15 is 0 Å². The third kappa shape index (κ3) is 7.91. The highest BCUT2D eigenvalue weighted by Gasteiger charge is 2.42. The van der Waals surface area contributed by atoms with Crippen molar-refractivity contribution in [2.45, 2.75) is 96.7 Å². The lowest BCUT2D eigenvalue weighted by atomic mass is 9.66. The molecule has 210 valence electrons. The molecular weight excluding hydrogens is 488 g/mol. The van der Waals surface area contributed by atoms with Crippen LogP contribution in [0.25, 0.3) is 0 Å². The fourth-order valence-corrected chi connectivity index (χ4v) is 5.60. The predicted octanol–water partition coefficient (Wildman–Crippen LogP) is 3.87. The van der Waals surface area contributed by atoms with Crippen LogP contribution in [0.5, 0.6) is 5.75 Å². The van der Waals surface area contributed by atoms with Gasteiger partial charge in [0, 0.05) is 12.3 Å². The zero-order valence-electron chi connectivity index (χ0n) is 22.7. The summed E-state index contributed by atoms with van der Waals surface area (Å²) in [6, 6.07) is 5.84. The molecule has 38 heavy (non-hydrogen) atoms. The lowest BCUT2D eigenvalue weighted by molar-refractivity contribution is -0.163. The summed E-state index contributed by atoms with van der Waals surface area (Å²) in [6.45, 7) is 7.83. The number of aryl methyl sites for hydroxylation is 2. The topological polar surface area (TPSA) is 134 Å². The first-order valence-electron chi connectivity index (χ1n) is 13.6. The van der Waals surface area contributed by atoms with Crippen LogP contribution in [-0.2, 0) is 14.3 Å². The van der Waals surface area contributed by atoms with E-state index in [1.807, 2.05) is 45.0 Å². The zero-order chi connectivity index (χ0) is 28.0. The molecule has 0 heterocycles. The highest BCUT2D eigenvalue weighted by Crippen LogP contribution is 2.44. The van der Waals surface area contributed by atoms with Gasteiger partial charge >= 0.3 is 11.9 Å². The Hall–Kier alpha value is -2.68. The smallest absolute Gasteiger partial charge is 0.347 e. The third-order valence-corrected chi connectivity index (χ3v) is 7.67. The van der Waals surface area contributed by atoms with E-state index in [2.05, 4.69) is 13.0 Å². The summed E-state index contributed by atoms with van der Waals surface area (Å²) < 4.78 is 12.1. The maximum Gasteiger partial charge on any atom is 0.347 e. The number of aliphatic hydroxyl groups excluding tert-OH is 3. The summed E-state index contributed by atoms with van der Waals surface area (Å²) >= 11 is 0. The minimum Gasteiger partial charge on any atom is -0.481 e. The van der Waals surface area contributed by atoms with Crippen LogP contribution in [0.2, 0.25) is 0 Å². The highest BCUT2D eigenvalue weighted by atomic mass is 16.6. The van der Waals surface area contributed by atoms with Crippen molar-refractivity contribution in [3.63, 3.8) is 0 Å². The Labute approximate surface area is 225 Å². The van der Waals surface area contributed by atoms with Gasteiger partial charge in [0.25, 0.3) is 0 Å². The number of carbonyl (C=O) groups is 2. The van der Waals surface area contributed by atoms with Crippen molar-refractivity contribution in [1.29, 1.82) is 0 Å². The number of hydrogen-bond donors (Lipinski definition) is 4. The molecule has 0 saturated carbocycles. The van der Waals surface area contributed by atoms with Crippen LogP contribution in [0.4, 0.5) is 0 Å². The highest BCUT2D eigenvalue weighted by molar-refractivity contribution is 5.75. The number of carboxylic acids is 1. The molecule has 0 saturated heterocycles. The molecule has 0 fully saturated rings. The fourth-order valence-electron chi connectivity index (χ4n) is 5.60. The molecule has 0 radical (unpaired) electrons. The molecule has 0 bridgehead atoms. The maximum absolute atomic E-state index is 13.3. The molecule has 3 rings (SSSR count). The van der Waals surface area contributed by atoms with E-state index < -0.39 is 48.9 Å². The number of esters is 1. The molecular formula is C30H42O8. The molecule has 8 nitrogen and oxygen atoms in total. The normalized spacial score (nSPS) is 27.0. The molecule has 0 amide bonds. The number of benzene rings is 1. The fraction of sp³-hybridized carbons (Fsp3) is 0.600. The Morgan fingerprint density at radius 1 is 1.16 bits per heavy atom. The van der Waals surface area contributed by atoms with Gasteiger partial charge in [0.1, 0.15) is 11.9 Å². The second kappa shape index (κ2) is 13.4. The van der Waals surface area contributed by atoms with Gasteiger partial charge in [0.15, 0.2) is 6.10 Å². The minimum atomic E-state index is -1.11. The number of aliphatic carboxylic acids is 1. The molecule has 8 heteroatoms. The molecule has 8 unspecified atom stereocenters. The Kier molecular flexibility index (Phi) is 10.5. The third-order valence-electron chi connectivity index (χ3n) is 7.67. The summed E-state index contributed by atoms with van der Waals surface area (Å²) in [5.74, 6) is -0.922. The SMILES string of the molecule is CCC(Oc1cc(C)ccc1C)C(=O)OC1CC(O)C=C2C=CC(C)C(CCC(O)CC(O)CC(=O)O)C21. The average molecular weight is 531 g/mol. The van der Waals surface area contributed by atoms with Crippen LogP contribution in [0.15, 0.2) is 42.0 Å². The van der Waals surface area contributed by atoms with Gasteiger partial charge in [-0.25, -0.2) is 4.79 Å². The largest absolute Gasteiger partial charge is 0.481 e. The van der Waals surface area contributed by atoms with Gasteiger partial charge in [-0.1, -0.05) is 44.2 Å². The molecule has 1 aromatic rings. The van der Waals surface area contributed by atoms with E-state index in [0.29, 0.717) is 25.0 Å². The molecule has 4 N–H and O–H groups in total. The summed E-state index contributed by atoms with van der Waals surface area (Å²) in [4.78, 5) is 24.1. The molecule has 0 aliphatic heterocycles. The molecule has 0 spiro atoms. The van der Waals surface area contributed by atoms with E-state index in [0.717, 1.165) is 16.7 Å². The molecule has 1 aromatic carbocycles. The van der Waals surface area contributed by atoms with Gasteiger partial charge in [0.2, 0.25) is 0 Å². The van der Waals surface area contributed by atoms with Crippen LogP contribution in [0.3, 0.4) is 0 Å². The van der Waals surface area contributed by atoms with Crippen LogP contribution < -0.4 is 4.74 Å². The quantitative estimate of drug-likeness (QED) is 0.299. The lowest BCUT2D eigenvalue weighted by Gasteiger charge is -2.43. The number of allylic oxidation sites excluding steroid dienone is 2. The average Bonchev–Trinajstić information content (AvgIpc) is 2.83. The van der Waals surface area contributed by atoms with Crippen molar-refractivity contribution in [3.05, 3.63) is 53.1 Å². The molecule has 2 aliphatic rings. The first kappa shape index (κ1) is 29.9. The monoisotopic (exact) mass is 530 g/mol. The number of ether oxygens (including phenoxy) is 2. The summed E-state index contributed by atoms with van der Waals surface area (Å²) in [6.07, 6.45) is 3.07. The van der Waals surface area contributed by atoms with Gasteiger partial charge in [-0.2, -0.15) is 0 Å². The van der Waals surface area contributed by atoms with Gasteiger partial charge in [0.05, 0.1) is 24.7 Å². The van der Waals surface area contributed by atoms with Gasteiger partial charge in [-0.3, -0.25) is 4.79 Å². The van der Waals surface area contributed by atoms with Crippen molar-refractivity contribution in [2.24, 2.45) is 17.8 Å². The number of hydrogen-bond acceptors (Lipinski definition) is 7. The molecule has 2 aliphatic carbocycles. The van der Waals surface area contributed by atoms with E-state index in [9.17, 15) is 24.9 Å². The Morgan fingerprint density at radius 2 is 1.89 bits per heavy atom. The van der Waals surface area contributed by atoms with E-state index in [1.54, 1.807) is 6.08 Å². The summed E-state index contributed by atoms with van der Waals surface area (Å²) in [7, 11) is 0. The second-order valence-electron chi connectivity index (χ2n) is 10.9. The van der Waals surface area contributed by atoms with Gasteiger partial charge in [-0.05, 0) is 74.1 Å². The van der Waals surface area contributed by atoms with Crippen molar-refractivity contribution in [1.82, 2.24) is 0 Å². The van der Waals surface area contributed by atoms with Crippen LogP contribution >= 0.6 is 0 Å². The Morgan fingerprint density at radius 3 is 2.58 bits per heavy atom. The standard InChI is InChI=1S/C30H42O8/c1-5-25(37-26-12-17(2)6-7-19(26)4)30(36)38-27-15-22(32)13-20-9-8-18(3)24(29(20)27)11-10-21(31)14-23(33)16-28(34)35/h6-9,12-13,18,21-25,27,29,31-33H,5,10-11,14-16H2,1-4H3,(H,34,35). The number of carbonyl (C=O) groups excluding carboxylic acids is 1. The molecule has 8 atom stereocenters. The summed E-state index contributed by atoms with van der Waals surface area (Å²) in [5, 5.41) is 39.7. The number of aliphatic hydroxyl groups is 3. The number of carboxylic acid groups (broad SMARTS) is 1. The zero-order valence-corrected chi connectivity index (χ0v) is 22.7. The Bertz CT molecular complexity index is 1030. The van der Waals surface area contributed by atoms with E-state index in [1.165, 1.54) is 0 Å². The van der Waals surface area contributed by atoms with Crippen LogP contribution in [0.1, 0.15) is 63.5 Å². The van der Waals surface area contributed by atoms with Crippen molar-refractivity contribution in [3.8, 4) is 5.75 Å². The maximum atomic E-state index is 13.3. The van der Waals surface area contributed by atoms with E-state index in [-0.39, 0.29) is 30.6 Å². The van der Waals surface area contributed by atoms with Crippen LogP contribution in [0, 0.1) is 31.6 Å². The van der Waals surface area contributed by atoms with Crippen LogP contribution in [-0.4, -0.2) is 62.9 Å². The second-order valence-corrected chi connectivity index (χ2v) is 10.9. The van der Waals surface area contributed by atoms with Gasteiger partial charge < -0.3 is 29.9 Å². The first-order chi connectivity index (χ1) is 18.0. The van der Waals surface area contributed by atoms with Crippen molar-refractivity contribution in [2.75, 3.05) is 0 Å². The first-order valence-corrected chi connectivity index (χ1v) is 13.6. The van der Waals surface area contributed by atoms with Crippen molar-refractivity contribution >= 4 is 11.9 Å². The summed E-state index contributed by atoms with van der Waals surface area (Å²) in [5.41, 5.74) is 2.87. The number of rotatable bonds is 12. The minimum absolute atomic E-state index is 0.0123. The van der Waals surface area contributed by atoms with E-state index in [4.69, 9.17) is 14.6 Å². The predicted molar refractivity (Wildman–Crippen MR) is 143 cm³/mol. The van der Waals surface area contributed by atoms with Gasteiger partial charge in [-0.15, -0.1) is 0 Å². The number of fused-ring (bicyclic) bond motifs is 1. The van der Waals surface area contributed by atoms with Crippen molar-refractivity contribution < 1.29 is 39.5 Å². The lowest BCUT2D eigenvalue weighted by Crippen LogP contribution is -2.44.